The highest BCUT2D eigenvalue weighted by molar-refractivity contribution is 5.98. The van der Waals surface area contributed by atoms with Gasteiger partial charge in [-0.25, -0.2) is 0 Å². The van der Waals surface area contributed by atoms with E-state index in [1.807, 2.05) is 36.4 Å². The largest absolute Gasteiger partial charge is 0.380 e. The van der Waals surface area contributed by atoms with Gasteiger partial charge < -0.3 is 16.8 Å². The van der Waals surface area contributed by atoms with Gasteiger partial charge in [0.2, 0.25) is 0 Å². The van der Waals surface area contributed by atoms with E-state index < -0.39 is 5.91 Å². The number of carbonyl (C=O) groups excluding carboxylic acids is 1. The third-order valence-corrected chi connectivity index (χ3v) is 2.93. The van der Waals surface area contributed by atoms with Crippen molar-refractivity contribution in [2.75, 3.05) is 5.32 Å². The van der Waals surface area contributed by atoms with Crippen LogP contribution in [0.5, 0.6) is 0 Å². The zero-order chi connectivity index (χ0) is 13.7. The van der Waals surface area contributed by atoms with Gasteiger partial charge in [0, 0.05) is 18.8 Å². The predicted octanol–water partition coefficient (Wildman–Crippen LogP) is 1.86. The number of anilines is 1. The van der Waals surface area contributed by atoms with Gasteiger partial charge in [0.05, 0.1) is 5.56 Å². The number of para-hydroxylation sites is 1. The number of hydrogen-bond acceptors (Lipinski definition) is 3. The van der Waals surface area contributed by atoms with Crippen LogP contribution in [0.1, 0.15) is 21.5 Å². The molecule has 0 radical (unpaired) electrons. The van der Waals surface area contributed by atoms with Gasteiger partial charge in [-0.3, -0.25) is 4.79 Å². The van der Waals surface area contributed by atoms with Crippen LogP contribution in [0.2, 0.25) is 0 Å². The Balaban J connectivity index is 2.07. The average molecular weight is 255 g/mol. The molecule has 0 spiro atoms. The number of benzene rings is 2. The molecule has 2 aromatic carbocycles. The fourth-order valence-electron chi connectivity index (χ4n) is 1.84. The van der Waals surface area contributed by atoms with Crippen molar-refractivity contribution in [3.05, 3.63) is 65.2 Å². The number of rotatable bonds is 5. The maximum Gasteiger partial charge on any atom is 0.250 e. The molecule has 0 fully saturated rings. The van der Waals surface area contributed by atoms with Gasteiger partial charge >= 0.3 is 0 Å². The van der Waals surface area contributed by atoms with Crippen molar-refractivity contribution in [3.8, 4) is 0 Å². The fraction of sp³-hybridized carbons (Fsp3) is 0.133. The van der Waals surface area contributed by atoms with Crippen molar-refractivity contribution in [3.63, 3.8) is 0 Å². The van der Waals surface area contributed by atoms with Gasteiger partial charge in [0.1, 0.15) is 0 Å². The molecule has 4 nitrogen and oxygen atoms in total. The summed E-state index contributed by atoms with van der Waals surface area (Å²) in [6, 6.07) is 15.2. The Morgan fingerprint density at radius 1 is 1.00 bits per heavy atom. The Morgan fingerprint density at radius 3 is 2.26 bits per heavy atom. The Kier molecular flexibility index (Phi) is 4.15. The number of carbonyl (C=O) groups is 1. The number of primary amides is 1. The lowest BCUT2D eigenvalue weighted by atomic mass is 10.1. The minimum atomic E-state index is -0.429. The maximum atomic E-state index is 11.3. The minimum Gasteiger partial charge on any atom is -0.380 e. The monoisotopic (exact) mass is 255 g/mol. The highest BCUT2D eigenvalue weighted by Gasteiger charge is 2.06. The van der Waals surface area contributed by atoms with E-state index in [2.05, 4.69) is 5.32 Å². The molecular formula is C15H17N3O. The van der Waals surface area contributed by atoms with Crippen LogP contribution in [0.15, 0.2) is 48.5 Å². The smallest absolute Gasteiger partial charge is 0.250 e. The molecule has 2 rings (SSSR count). The van der Waals surface area contributed by atoms with Crippen LogP contribution in [0.25, 0.3) is 0 Å². The first-order valence-electron chi connectivity index (χ1n) is 6.11. The molecule has 0 aromatic heterocycles. The second-order valence-electron chi connectivity index (χ2n) is 4.28. The summed E-state index contributed by atoms with van der Waals surface area (Å²) in [5.74, 6) is -0.429. The summed E-state index contributed by atoms with van der Waals surface area (Å²) in [6.07, 6.45) is 0. The molecular weight excluding hydrogens is 238 g/mol. The van der Waals surface area contributed by atoms with Crippen LogP contribution < -0.4 is 16.8 Å². The van der Waals surface area contributed by atoms with E-state index in [4.69, 9.17) is 11.5 Å². The second kappa shape index (κ2) is 6.02. The minimum absolute atomic E-state index is 0.429. The highest BCUT2D eigenvalue weighted by atomic mass is 16.1. The summed E-state index contributed by atoms with van der Waals surface area (Å²) in [4.78, 5) is 11.3. The van der Waals surface area contributed by atoms with Crippen molar-refractivity contribution in [2.24, 2.45) is 11.5 Å². The van der Waals surface area contributed by atoms with Crippen molar-refractivity contribution in [1.82, 2.24) is 0 Å². The van der Waals surface area contributed by atoms with E-state index in [9.17, 15) is 4.79 Å². The molecule has 4 heteroatoms. The summed E-state index contributed by atoms with van der Waals surface area (Å²) in [6.45, 7) is 1.17. The number of amides is 1. The zero-order valence-corrected chi connectivity index (χ0v) is 10.6. The van der Waals surface area contributed by atoms with Crippen LogP contribution in [0.4, 0.5) is 5.69 Å². The molecule has 0 atom stereocenters. The van der Waals surface area contributed by atoms with Gasteiger partial charge in [0.15, 0.2) is 0 Å². The molecule has 0 aliphatic carbocycles. The number of nitrogens with two attached hydrogens (primary N) is 2. The lowest BCUT2D eigenvalue weighted by molar-refractivity contribution is 0.100. The van der Waals surface area contributed by atoms with Crippen LogP contribution in [-0.4, -0.2) is 5.91 Å². The first-order valence-corrected chi connectivity index (χ1v) is 6.11. The van der Waals surface area contributed by atoms with E-state index >= 15 is 0 Å². The Hall–Kier alpha value is -2.33. The first kappa shape index (κ1) is 13.1. The summed E-state index contributed by atoms with van der Waals surface area (Å²) >= 11 is 0. The van der Waals surface area contributed by atoms with Crippen molar-refractivity contribution in [1.29, 1.82) is 0 Å². The molecule has 0 heterocycles. The molecule has 98 valence electrons. The predicted molar refractivity (Wildman–Crippen MR) is 76.6 cm³/mol. The molecule has 0 unspecified atom stereocenters. The molecule has 2 aromatic rings. The molecule has 1 amide bonds. The van der Waals surface area contributed by atoms with E-state index in [-0.39, 0.29) is 0 Å². The molecule has 0 aliphatic rings. The van der Waals surface area contributed by atoms with E-state index in [1.54, 1.807) is 12.1 Å². The molecule has 0 bridgehead atoms. The van der Waals surface area contributed by atoms with Crippen LogP contribution in [0.3, 0.4) is 0 Å². The van der Waals surface area contributed by atoms with Crippen LogP contribution in [-0.2, 0) is 13.1 Å². The van der Waals surface area contributed by atoms with Gasteiger partial charge in [-0.2, -0.15) is 0 Å². The summed E-state index contributed by atoms with van der Waals surface area (Å²) < 4.78 is 0. The van der Waals surface area contributed by atoms with Gasteiger partial charge in [-0.05, 0) is 23.3 Å². The topological polar surface area (TPSA) is 81.1 Å². The molecule has 0 saturated carbocycles. The van der Waals surface area contributed by atoms with Crippen LogP contribution >= 0.6 is 0 Å². The zero-order valence-electron chi connectivity index (χ0n) is 10.6. The summed E-state index contributed by atoms with van der Waals surface area (Å²) in [5.41, 5.74) is 14.3. The van der Waals surface area contributed by atoms with Crippen molar-refractivity contribution in [2.45, 2.75) is 13.1 Å². The van der Waals surface area contributed by atoms with Gasteiger partial charge in [-0.1, -0.05) is 36.4 Å². The van der Waals surface area contributed by atoms with E-state index in [1.165, 1.54) is 0 Å². The summed E-state index contributed by atoms with van der Waals surface area (Å²) in [7, 11) is 0. The SMILES string of the molecule is NCc1ccc(CNc2ccccc2C(N)=O)cc1. The highest BCUT2D eigenvalue weighted by Crippen LogP contribution is 2.15. The Morgan fingerprint density at radius 2 is 1.63 bits per heavy atom. The fourth-order valence-corrected chi connectivity index (χ4v) is 1.84. The first-order chi connectivity index (χ1) is 9.20. The average Bonchev–Trinajstić information content (AvgIpc) is 2.46. The van der Waals surface area contributed by atoms with Crippen LogP contribution in [0, 0.1) is 0 Å². The third-order valence-electron chi connectivity index (χ3n) is 2.93. The molecule has 0 aliphatic heterocycles. The standard InChI is InChI=1S/C15H17N3O/c16-9-11-5-7-12(8-6-11)10-18-14-4-2-1-3-13(14)15(17)19/h1-8,18H,9-10,16H2,(H2,17,19). The Bertz CT molecular complexity index is 564. The number of hydrogen-bond donors (Lipinski definition) is 3. The third kappa shape index (κ3) is 3.33. The molecule has 0 saturated heterocycles. The second-order valence-corrected chi connectivity index (χ2v) is 4.28. The Labute approximate surface area is 112 Å². The lowest BCUT2D eigenvalue weighted by Crippen LogP contribution is -2.14. The number of nitrogens with one attached hydrogen (secondary N) is 1. The molecule has 19 heavy (non-hydrogen) atoms. The van der Waals surface area contributed by atoms with Gasteiger partial charge in [-0.15, -0.1) is 0 Å². The lowest BCUT2D eigenvalue weighted by Gasteiger charge is -2.10. The maximum absolute atomic E-state index is 11.3. The summed E-state index contributed by atoms with van der Waals surface area (Å²) in [5, 5.41) is 3.22. The van der Waals surface area contributed by atoms with E-state index in [0.717, 1.165) is 16.8 Å². The molecule has 5 N–H and O–H groups in total. The van der Waals surface area contributed by atoms with E-state index in [0.29, 0.717) is 18.7 Å². The van der Waals surface area contributed by atoms with Gasteiger partial charge in [0.25, 0.3) is 5.91 Å². The van der Waals surface area contributed by atoms with Crippen molar-refractivity contribution < 1.29 is 4.79 Å². The quantitative estimate of drug-likeness (QED) is 0.762. The van der Waals surface area contributed by atoms with Crippen molar-refractivity contribution >= 4 is 11.6 Å². The normalized spacial score (nSPS) is 10.2.